The van der Waals surface area contributed by atoms with Gasteiger partial charge in [-0.25, -0.2) is 5.43 Å². The van der Waals surface area contributed by atoms with E-state index in [2.05, 4.69) is 15.3 Å². The van der Waals surface area contributed by atoms with Crippen molar-refractivity contribution >= 4 is 17.8 Å². The van der Waals surface area contributed by atoms with Crippen LogP contribution in [0.1, 0.15) is 15.9 Å². The second-order valence-electron chi connectivity index (χ2n) is 4.50. The number of hydrogen-bond acceptors (Lipinski definition) is 6. The molecule has 0 aliphatic rings. The van der Waals surface area contributed by atoms with Gasteiger partial charge in [-0.3, -0.25) is 14.9 Å². The van der Waals surface area contributed by atoms with Crippen molar-refractivity contribution in [3.8, 4) is 5.75 Å². The summed E-state index contributed by atoms with van der Waals surface area (Å²) in [6.45, 7) is -3.13. The highest BCUT2D eigenvalue weighted by Gasteiger charge is 2.14. The summed E-state index contributed by atoms with van der Waals surface area (Å²) in [5.41, 5.74) is 1.75. The molecule has 1 N–H and O–H groups in total. The van der Waals surface area contributed by atoms with Gasteiger partial charge in [0.15, 0.2) is 12.4 Å². The number of carbonyl (C=O) groups excluding carboxylic acids is 1. The predicted octanol–water partition coefficient (Wildman–Crippen LogP) is 1.59. The summed E-state index contributed by atoms with van der Waals surface area (Å²) in [5, 5.41) is 25.2. The predicted molar refractivity (Wildman–Crippen MR) is 80.2 cm³/mol. The van der Waals surface area contributed by atoms with Crippen molar-refractivity contribution < 1.29 is 28.0 Å². The first-order valence-electron chi connectivity index (χ1n) is 6.62. The number of pyridine rings is 1. The van der Waals surface area contributed by atoms with Crippen molar-refractivity contribution in [2.45, 2.75) is 6.61 Å². The molecule has 130 valence electrons. The summed E-state index contributed by atoms with van der Waals surface area (Å²) in [5.74, 6) is -1.01. The quantitative estimate of drug-likeness (QED) is 0.278. The van der Waals surface area contributed by atoms with Gasteiger partial charge >= 0.3 is 6.61 Å². The van der Waals surface area contributed by atoms with E-state index in [-0.39, 0.29) is 22.6 Å². The highest BCUT2D eigenvalue weighted by atomic mass is 19.3. The fourth-order valence-electron chi connectivity index (χ4n) is 1.74. The van der Waals surface area contributed by atoms with E-state index in [1.54, 1.807) is 0 Å². The smallest absolute Gasteiger partial charge is 0.387 e. The number of carbonyl (C=O) groups is 1. The first-order valence-corrected chi connectivity index (χ1v) is 6.62. The molecule has 0 saturated heterocycles. The van der Waals surface area contributed by atoms with Crippen LogP contribution in [0.5, 0.6) is 5.75 Å². The fourth-order valence-corrected chi connectivity index (χ4v) is 1.74. The molecule has 9 nitrogen and oxygen atoms in total. The van der Waals surface area contributed by atoms with Gasteiger partial charge in [0, 0.05) is 29.8 Å². The van der Waals surface area contributed by atoms with Gasteiger partial charge in [0.05, 0.1) is 16.7 Å². The van der Waals surface area contributed by atoms with Gasteiger partial charge in [0.25, 0.3) is 11.6 Å². The monoisotopic (exact) mass is 352 g/mol. The van der Waals surface area contributed by atoms with Gasteiger partial charge in [-0.05, 0) is 6.07 Å². The molecule has 11 heteroatoms. The van der Waals surface area contributed by atoms with E-state index < -0.39 is 17.4 Å². The summed E-state index contributed by atoms with van der Waals surface area (Å²) >= 11 is 0. The topological polar surface area (TPSA) is 121 Å². The summed E-state index contributed by atoms with van der Waals surface area (Å²) in [7, 11) is 0. The van der Waals surface area contributed by atoms with E-state index in [4.69, 9.17) is 0 Å². The molecule has 1 heterocycles. The van der Waals surface area contributed by atoms with Crippen molar-refractivity contribution in [1.29, 1.82) is 0 Å². The summed E-state index contributed by atoms with van der Waals surface area (Å²) in [4.78, 5) is 21.8. The van der Waals surface area contributed by atoms with Gasteiger partial charge < -0.3 is 9.94 Å². The minimum Gasteiger partial charge on any atom is -0.619 e. The lowest BCUT2D eigenvalue weighted by Crippen LogP contribution is -2.26. The maximum atomic E-state index is 12.4. The van der Waals surface area contributed by atoms with Crippen LogP contribution in [0.2, 0.25) is 0 Å². The molecular formula is C14H10F2N4O5. The Bertz CT molecular complexity index is 811. The molecule has 0 saturated carbocycles. The van der Waals surface area contributed by atoms with Gasteiger partial charge in [-0.1, -0.05) is 0 Å². The highest BCUT2D eigenvalue weighted by molar-refractivity contribution is 5.94. The Morgan fingerprint density at radius 2 is 2.00 bits per heavy atom. The summed E-state index contributed by atoms with van der Waals surface area (Å²) < 4.78 is 29.5. The lowest BCUT2D eigenvalue weighted by molar-refractivity contribution is -0.605. The van der Waals surface area contributed by atoms with Gasteiger partial charge in [-0.2, -0.15) is 18.6 Å². The lowest BCUT2D eigenvalue weighted by atomic mass is 10.2. The van der Waals surface area contributed by atoms with Gasteiger partial charge in [0.2, 0.25) is 0 Å². The normalized spacial score (nSPS) is 10.8. The minimum atomic E-state index is -3.13. The Balaban J connectivity index is 2.17. The molecule has 1 aromatic heterocycles. The molecule has 2 aromatic rings. The zero-order chi connectivity index (χ0) is 18.4. The Hall–Kier alpha value is -3.63. The standard InChI is InChI=1S/C14H10F2N4O5/c15-14(16)25-12-2-1-11(20(23)24)7-10(12)8-17-18-13(21)9-3-5-19(22)6-4-9/h1-8,14H,(H,18,21)/b17-8+. The molecule has 0 fully saturated rings. The maximum Gasteiger partial charge on any atom is 0.387 e. The van der Waals surface area contributed by atoms with E-state index in [0.717, 1.165) is 36.8 Å². The fraction of sp³-hybridized carbons (Fsp3) is 0.0714. The third-order valence-electron chi connectivity index (χ3n) is 2.85. The number of rotatable bonds is 6. The number of non-ortho nitro benzene ring substituents is 1. The van der Waals surface area contributed by atoms with Crippen molar-refractivity contribution in [1.82, 2.24) is 5.43 Å². The molecule has 0 spiro atoms. The number of benzene rings is 1. The molecular weight excluding hydrogens is 342 g/mol. The first kappa shape index (κ1) is 17.7. The number of hydrazone groups is 1. The van der Waals surface area contributed by atoms with E-state index in [0.29, 0.717) is 4.73 Å². The average Bonchev–Trinajstić information content (AvgIpc) is 2.56. The molecule has 0 aliphatic heterocycles. The molecule has 0 aliphatic carbocycles. The number of ether oxygens (including phenoxy) is 1. The summed E-state index contributed by atoms with van der Waals surface area (Å²) in [6.07, 6.45) is 3.14. The first-order chi connectivity index (χ1) is 11.9. The highest BCUT2D eigenvalue weighted by Crippen LogP contribution is 2.24. The Morgan fingerprint density at radius 3 is 2.60 bits per heavy atom. The molecule has 1 aromatic carbocycles. The number of nitrogens with one attached hydrogen (secondary N) is 1. The van der Waals surface area contributed by atoms with Crippen molar-refractivity contribution in [3.63, 3.8) is 0 Å². The van der Waals surface area contributed by atoms with Crippen LogP contribution in [0.25, 0.3) is 0 Å². The molecule has 25 heavy (non-hydrogen) atoms. The molecule has 0 atom stereocenters. The summed E-state index contributed by atoms with van der Waals surface area (Å²) in [6, 6.07) is 5.46. The Labute approximate surface area is 138 Å². The van der Waals surface area contributed by atoms with Crippen LogP contribution in [-0.2, 0) is 0 Å². The Morgan fingerprint density at radius 1 is 1.32 bits per heavy atom. The number of nitro benzene ring substituents is 1. The second kappa shape index (κ2) is 7.77. The number of nitrogens with zero attached hydrogens (tertiary/aromatic N) is 3. The van der Waals surface area contributed by atoms with Crippen LogP contribution in [0.15, 0.2) is 47.8 Å². The van der Waals surface area contributed by atoms with Crippen LogP contribution in [0.3, 0.4) is 0 Å². The largest absolute Gasteiger partial charge is 0.619 e. The third-order valence-corrected chi connectivity index (χ3v) is 2.85. The van der Waals surface area contributed by atoms with E-state index >= 15 is 0 Å². The molecule has 0 radical (unpaired) electrons. The van der Waals surface area contributed by atoms with Crippen LogP contribution in [0.4, 0.5) is 14.5 Å². The zero-order valence-corrected chi connectivity index (χ0v) is 12.3. The maximum absolute atomic E-state index is 12.4. The minimum absolute atomic E-state index is 0.125. The van der Waals surface area contributed by atoms with Crippen LogP contribution >= 0.6 is 0 Å². The number of alkyl halides is 2. The molecule has 1 amide bonds. The number of halogens is 2. The number of aromatic nitrogens is 1. The Kier molecular flexibility index (Phi) is 5.50. The van der Waals surface area contributed by atoms with Gasteiger partial charge in [-0.15, -0.1) is 0 Å². The number of hydrogen-bond donors (Lipinski definition) is 1. The van der Waals surface area contributed by atoms with E-state index in [1.165, 1.54) is 12.1 Å². The van der Waals surface area contributed by atoms with Crippen molar-refractivity contribution in [2.24, 2.45) is 5.10 Å². The number of nitro groups is 1. The average molecular weight is 352 g/mol. The van der Waals surface area contributed by atoms with Gasteiger partial charge in [0.1, 0.15) is 5.75 Å². The molecule has 0 unspecified atom stereocenters. The van der Waals surface area contributed by atoms with Crippen LogP contribution < -0.4 is 14.9 Å². The molecule has 2 rings (SSSR count). The lowest BCUT2D eigenvalue weighted by Gasteiger charge is -2.07. The van der Waals surface area contributed by atoms with Crippen LogP contribution in [0, 0.1) is 15.3 Å². The molecule has 0 bridgehead atoms. The SMILES string of the molecule is O=C(N/N=C/c1cc([N+](=O)[O-])ccc1OC(F)F)c1cc[n+]([O-])cc1. The third kappa shape index (κ3) is 4.92. The van der Waals surface area contributed by atoms with E-state index in [9.17, 15) is 28.9 Å². The van der Waals surface area contributed by atoms with E-state index in [1.807, 2.05) is 0 Å². The van der Waals surface area contributed by atoms with Crippen LogP contribution in [-0.4, -0.2) is 23.7 Å². The second-order valence-corrected chi connectivity index (χ2v) is 4.50. The van der Waals surface area contributed by atoms with Crippen molar-refractivity contribution in [3.05, 3.63) is 69.2 Å². The van der Waals surface area contributed by atoms with Crippen molar-refractivity contribution in [2.75, 3.05) is 0 Å². The number of amides is 1. The zero-order valence-electron chi connectivity index (χ0n) is 12.3.